The Kier molecular flexibility index (Phi) is 7.77. The fourth-order valence-electron chi connectivity index (χ4n) is 4.95. The second-order valence-electron chi connectivity index (χ2n) is 10.7. The van der Waals surface area contributed by atoms with E-state index >= 15 is 0 Å². The molecule has 0 bridgehead atoms. The molecule has 1 aromatic carbocycles. The van der Waals surface area contributed by atoms with Crippen LogP contribution in [0.2, 0.25) is 0 Å². The Morgan fingerprint density at radius 2 is 1.76 bits per heavy atom. The van der Waals surface area contributed by atoms with Crippen molar-refractivity contribution in [3.63, 3.8) is 0 Å². The molecular formula is C26H38FN3O4. The van der Waals surface area contributed by atoms with Crippen molar-refractivity contribution < 1.29 is 23.5 Å². The van der Waals surface area contributed by atoms with Crippen LogP contribution in [0.4, 0.5) is 9.18 Å². The van der Waals surface area contributed by atoms with Crippen molar-refractivity contribution in [2.75, 3.05) is 32.7 Å². The molecule has 2 aliphatic heterocycles. The molecule has 2 atom stereocenters. The molecule has 3 fully saturated rings. The SMILES string of the molecule is CC(C)(C)OC(=O)N1C[C@H](OCc2ccc(F)cc2)C[C@@H]1C(=O)N1CCCN(C2CCC2)CC1. The first-order valence-electron chi connectivity index (χ1n) is 12.6. The van der Waals surface area contributed by atoms with Gasteiger partial charge in [0.05, 0.1) is 19.3 Å². The van der Waals surface area contributed by atoms with Crippen LogP contribution in [-0.4, -0.2) is 83.2 Å². The lowest BCUT2D eigenvalue weighted by Gasteiger charge is -2.37. The molecule has 0 N–H and O–H groups in total. The van der Waals surface area contributed by atoms with E-state index < -0.39 is 17.7 Å². The number of rotatable bonds is 5. The number of halogens is 1. The van der Waals surface area contributed by atoms with E-state index in [0.717, 1.165) is 25.1 Å². The second kappa shape index (κ2) is 10.6. The Labute approximate surface area is 202 Å². The monoisotopic (exact) mass is 475 g/mol. The van der Waals surface area contributed by atoms with Crippen LogP contribution in [-0.2, 0) is 20.9 Å². The number of carbonyl (C=O) groups excluding carboxylic acids is 2. The van der Waals surface area contributed by atoms with Gasteiger partial charge in [0.1, 0.15) is 17.5 Å². The van der Waals surface area contributed by atoms with E-state index in [-0.39, 0.29) is 17.8 Å². The van der Waals surface area contributed by atoms with Crippen molar-refractivity contribution in [1.82, 2.24) is 14.7 Å². The predicted octanol–water partition coefficient (Wildman–Crippen LogP) is 3.81. The van der Waals surface area contributed by atoms with Crippen LogP contribution >= 0.6 is 0 Å². The van der Waals surface area contributed by atoms with Crippen LogP contribution < -0.4 is 0 Å². The van der Waals surface area contributed by atoms with E-state index in [2.05, 4.69) is 4.90 Å². The standard InChI is InChI=1S/C26H38FN3O4/c1-26(2,3)34-25(32)30-17-22(33-18-19-8-10-20(27)11-9-19)16-23(30)24(31)29-13-5-12-28(14-15-29)21-6-4-7-21/h8-11,21-23H,4-7,12-18H2,1-3H3/t22-,23-/m1/s1. The molecule has 0 unspecified atom stereocenters. The number of benzene rings is 1. The smallest absolute Gasteiger partial charge is 0.411 e. The third-order valence-electron chi connectivity index (χ3n) is 7.01. The van der Waals surface area contributed by atoms with E-state index in [1.807, 2.05) is 25.7 Å². The van der Waals surface area contributed by atoms with Gasteiger partial charge in [0.25, 0.3) is 0 Å². The number of ether oxygens (including phenoxy) is 2. The van der Waals surface area contributed by atoms with Crippen molar-refractivity contribution in [3.05, 3.63) is 35.6 Å². The van der Waals surface area contributed by atoms with Gasteiger partial charge in [0.15, 0.2) is 0 Å². The Hall–Kier alpha value is -2.19. The molecule has 3 aliphatic rings. The summed E-state index contributed by atoms with van der Waals surface area (Å²) >= 11 is 0. The summed E-state index contributed by atoms with van der Waals surface area (Å²) in [5, 5.41) is 0. The third kappa shape index (κ3) is 6.27. The molecule has 0 aromatic heterocycles. The van der Waals surface area contributed by atoms with E-state index in [9.17, 15) is 14.0 Å². The average molecular weight is 476 g/mol. The third-order valence-corrected chi connectivity index (χ3v) is 7.01. The summed E-state index contributed by atoms with van der Waals surface area (Å²) in [6, 6.07) is 6.25. The summed E-state index contributed by atoms with van der Waals surface area (Å²) < 4.78 is 24.9. The summed E-state index contributed by atoms with van der Waals surface area (Å²) in [5.41, 5.74) is 0.201. The molecule has 0 spiro atoms. The lowest BCUT2D eigenvalue weighted by molar-refractivity contribution is -0.135. The molecule has 1 aliphatic carbocycles. The molecular weight excluding hydrogens is 437 g/mol. The van der Waals surface area contributed by atoms with Crippen molar-refractivity contribution in [2.24, 2.45) is 0 Å². The van der Waals surface area contributed by atoms with Crippen molar-refractivity contribution >= 4 is 12.0 Å². The Morgan fingerprint density at radius 1 is 1.03 bits per heavy atom. The minimum Gasteiger partial charge on any atom is -0.444 e. The fourth-order valence-corrected chi connectivity index (χ4v) is 4.95. The van der Waals surface area contributed by atoms with Gasteiger partial charge in [-0.1, -0.05) is 18.6 Å². The molecule has 1 aromatic rings. The molecule has 2 amide bonds. The van der Waals surface area contributed by atoms with Crippen molar-refractivity contribution in [1.29, 1.82) is 0 Å². The number of hydrogen-bond acceptors (Lipinski definition) is 5. The van der Waals surface area contributed by atoms with E-state index in [1.54, 1.807) is 12.1 Å². The number of amides is 2. The maximum atomic E-state index is 13.6. The molecule has 2 saturated heterocycles. The lowest BCUT2D eigenvalue weighted by atomic mass is 9.91. The van der Waals surface area contributed by atoms with Gasteiger partial charge in [-0.25, -0.2) is 9.18 Å². The van der Waals surface area contributed by atoms with Crippen LogP contribution in [0.1, 0.15) is 58.4 Å². The summed E-state index contributed by atoms with van der Waals surface area (Å²) in [7, 11) is 0. The van der Waals surface area contributed by atoms with Crippen LogP contribution in [0.15, 0.2) is 24.3 Å². The van der Waals surface area contributed by atoms with Gasteiger partial charge < -0.3 is 14.4 Å². The normalized spacial score (nSPS) is 24.6. The van der Waals surface area contributed by atoms with Gasteiger partial charge in [-0.3, -0.25) is 14.6 Å². The molecule has 7 nitrogen and oxygen atoms in total. The Balaban J connectivity index is 1.41. The molecule has 188 valence electrons. The van der Waals surface area contributed by atoms with E-state index in [0.29, 0.717) is 38.7 Å². The quantitative estimate of drug-likeness (QED) is 0.648. The van der Waals surface area contributed by atoms with Gasteiger partial charge in [-0.15, -0.1) is 0 Å². The van der Waals surface area contributed by atoms with Crippen LogP contribution in [0.5, 0.6) is 0 Å². The molecule has 1 saturated carbocycles. The first-order chi connectivity index (χ1) is 16.2. The molecule has 0 radical (unpaired) electrons. The maximum absolute atomic E-state index is 13.6. The largest absolute Gasteiger partial charge is 0.444 e. The van der Waals surface area contributed by atoms with Gasteiger partial charge >= 0.3 is 6.09 Å². The topological polar surface area (TPSA) is 62.3 Å². The van der Waals surface area contributed by atoms with Crippen molar-refractivity contribution in [3.8, 4) is 0 Å². The van der Waals surface area contributed by atoms with Gasteiger partial charge in [0.2, 0.25) is 5.91 Å². The highest BCUT2D eigenvalue weighted by Gasteiger charge is 2.44. The molecule has 4 rings (SSSR count). The van der Waals surface area contributed by atoms with E-state index in [1.165, 1.54) is 36.3 Å². The number of likely N-dealkylation sites (tertiary alicyclic amines) is 1. The van der Waals surface area contributed by atoms with Crippen LogP contribution in [0.25, 0.3) is 0 Å². The summed E-state index contributed by atoms with van der Waals surface area (Å²) in [4.78, 5) is 32.6. The highest BCUT2D eigenvalue weighted by molar-refractivity contribution is 5.86. The Bertz CT molecular complexity index is 853. The summed E-state index contributed by atoms with van der Waals surface area (Å²) in [6.07, 6.45) is 4.44. The molecule has 8 heteroatoms. The minimum atomic E-state index is -0.649. The van der Waals surface area contributed by atoms with Crippen molar-refractivity contribution in [2.45, 2.75) is 83.3 Å². The number of carbonyl (C=O) groups is 2. The van der Waals surface area contributed by atoms with Gasteiger partial charge in [-0.05, 0) is 57.7 Å². The zero-order valence-corrected chi connectivity index (χ0v) is 20.7. The van der Waals surface area contributed by atoms with Crippen LogP contribution in [0, 0.1) is 5.82 Å². The highest BCUT2D eigenvalue weighted by atomic mass is 19.1. The minimum absolute atomic E-state index is 0.0193. The number of hydrogen-bond donors (Lipinski definition) is 0. The average Bonchev–Trinajstić information content (AvgIpc) is 3.03. The maximum Gasteiger partial charge on any atom is 0.411 e. The number of nitrogens with zero attached hydrogens (tertiary/aromatic N) is 3. The fraction of sp³-hybridized carbons (Fsp3) is 0.692. The first-order valence-corrected chi connectivity index (χ1v) is 12.6. The Morgan fingerprint density at radius 3 is 2.41 bits per heavy atom. The molecule has 34 heavy (non-hydrogen) atoms. The predicted molar refractivity (Wildman–Crippen MR) is 127 cm³/mol. The summed E-state index contributed by atoms with van der Waals surface area (Å²) in [5.74, 6) is -0.311. The zero-order chi connectivity index (χ0) is 24.3. The van der Waals surface area contributed by atoms with E-state index in [4.69, 9.17) is 9.47 Å². The lowest BCUT2D eigenvalue weighted by Crippen LogP contribution is -2.50. The van der Waals surface area contributed by atoms with Gasteiger partial charge in [-0.2, -0.15) is 0 Å². The molecule has 2 heterocycles. The summed E-state index contributed by atoms with van der Waals surface area (Å²) in [6.45, 7) is 9.39. The first kappa shape index (κ1) is 24.9. The van der Waals surface area contributed by atoms with Crippen LogP contribution in [0.3, 0.4) is 0 Å². The second-order valence-corrected chi connectivity index (χ2v) is 10.7. The van der Waals surface area contributed by atoms with Gasteiger partial charge in [0, 0.05) is 38.6 Å². The zero-order valence-electron chi connectivity index (χ0n) is 20.7. The highest BCUT2D eigenvalue weighted by Crippen LogP contribution is 2.28.